The standard InChI is InChI=1S/C6H7N.3C4H10.Sn/c1-6-2-4-7-5-3-6;3*1-3-4-2;/h2,4-5,7H,1H3;3*3-4H2,1-2H3;. The SMILES string of the molecule is CC1=C=CNC=C1.CCCC.CCCC.CCCC.[Sn]. The average molecular weight is 386 g/mol. The van der Waals surface area contributed by atoms with E-state index >= 15 is 0 Å². The number of nitrogens with one attached hydrogen (secondary N) is 1. The minimum absolute atomic E-state index is 0. The summed E-state index contributed by atoms with van der Waals surface area (Å²) in [5.74, 6) is 0. The maximum Gasteiger partial charge on any atom is 0.0440 e. The Morgan fingerprint density at radius 3 is 1.25 bits per heavy atom. The van der Waals surface area contributed by atoms with Crippen molar-refractivity contribution in [2.45, 2.75) is 87.0 Å². The molecule has 0 unspecified atom stereocenters. The van der Waals surface area contributed by atoms with Crippen molar-refractivity contribution >= 4 is 23.9 Å². The molecule has 0 spiro atoms. The summed E-state index contributed by atoms with van der Waals surface area (Å²) in [6.07, 6.45) is 13.6. The van der Waals surface area contributed by atoms with Crippen LogP contribution in [-0.2, 0) is 0 Å². The van der Waals surface area contributed by atoms with E-state index in [1.807, 2.05) is 19.2 Å². The van der Waals surface area contributed by atoms with Gasteiger partial charge >= 0.3 is 0 Å². The molecule has 0 atom stereocenters. The number of hydrogen-bond donors (Lipinski definition) is 1. The number of unbranched alkanes of at least 4 members (excludes halogenated alkanes) is 3. The number of allylic oxidation sites excluding steroid dienone is 2. The summed E-state index contributed by atoms with van der Waals surface area (Å²) in [7, 11) is 0. The maximum atomic E-state index is 2.98. The summed E-state index contributed by atoms with van der Waals surface area (Å²) in [6.45, 7) is 15.1. The Morgan fingerprint density at radius 1 is 0.800 bits per heavy atom. The second kappa shape index (κ2) is 31.3. The van der Waals surface area contributed by atoms with Gasteiger partial charge in [0.25, 0.3) is 0 Å². The minimum atomic E-state index is 0. The minimum Gasteiger partial charge on any atom is -0.361 e. The van der Waals surface area contributed by atoms with Gasteiger partial charge in [0.2, 0.25) is 0 Å². The summed E-state index contributed by atoms with van der Waals surface area (Å²) in [4.78, 5) is 0. The molecule has 1 aliphatic heterocycles. The van der Waals surface area contributed by atoms with Crippen LogP contribution in [0.15, 0.2) is 29.8 Å². The van der Waals surface area contributed by atoms with Crippen LogP contribution in [0.5, 0.6) is 0 Å². The van der Waals surface area contributed by atoms with Crippen LogP contribution in [0.1, 0.15) is 87.0 Å². The van der Waals surface area contributed by atoms with Gasteiger partial charge in [0.15, 0.2) is 0 Å². The van der Waals surface area contributed by atoms with E-state index < -0.39 is 0 Å². The molecule has 0 saturated carbocycles. The summed E-state index contributed by atoms with van der Waals surface area (Å²) in [5, 5.41) is 2.88. The molecule has 1 heterocycles. The Kier molecular flexibility index (Phi) is 44.0. The molecule has 1 aliphatic rings. The van der Waals surface area contributed by atoms with Crippen LogP contribution in [0.2, 0.25) is 0 Å². The van der Waals surface area contributed by atoms with E-state index in [0.29, 0.717) is 0 Å². The van der Waals surface area contributed by atoms with Gasteiger partial charge in [-0.25, -0.2) is 0 Å². The maximum absolute atomic E-state index is 2.98. The van der Waals surface area contributed by atoms with Gasteiger partial charge in [-0.05, 0) is 18.6 Å². The van der Waals surface area contributed by atoms with Gasteiger partial charge in [0.05, 0.1) is 0 Å². The molecule has 1 rings (SSSR count). The van der Waals surface area contributed by atoms with Gasteiger partial charge in [0, 0.05) is 36.3 Å². The predicted molar refractivity (Wildman–Crippen MR) is 97.0 cm³/mol. The van der Waals surface area contributed by atoms with Gasteiger partial charge in [-0.2, -0.15) is 0 Å². The second-order valence-corrected chi connectivity index (χ2v) is 4.47. The topological polar surface area (TPSA) is 12.0 Å². The summed E-state index contributed by atoms with van der Waals surface area (Å²) < 4.78 is 0. The van der Waals surface area contributed by atoms with Crippen LogP contribution in [0.4, 0.5) is 0 Å². The van der Waals surface area contributed by atoms with Gasteiger partial charge in [-0.15, -0.1) is 0 Å². The molecular weight excluding hydrogens is 349 g/mol. The fraction of sp³-hybridized carbons (Fsp3) is 0.722. The molecule has 4 radical (unpaired) electrons. The van der Waals surface area contributed by atoms with E-state index in [0.717, 1.165) is 0 Å². The first kappa shape index (κ1) is 28.1. The molecule has 0 aliphatic carbocycles. The Morgan fingerprint density at radius 2 is 1.15 bits per heavy atom. The van der Waals surface area contributed by atoms with Crippen LogP contribution < -0.4 is 5.32 Å². The Bertz CT molecular complexity index is 210. The smallest absolute Gasteiger partial charge is 0.0440 e. The van der Waals surface area contributed by atoms with Crippen molar-refractivity contribution in [1.29, 1.82) is 0 Å². The van der Waals surface area contributed by atoms with Gasteiger partial charge in [0.1, 0.15) is 0 Å². The van der Waals surface area contributed by atoms with E-state index in [9.17, 15) is 0 Å². The van der Waals surface area contributed by atoms with Crippen molar-refractivity contribution in [2.24, 2.45) is 0 Å². The third-order valence-electron chi connectivity index (χ3n) is 2.31. The Balaban J connectivity index is -0.0000000881. The molecule has 20 heavy (non-hydrogen) atoms. The normalized spacial score (nSPS) is 10.1. The molecule has 0 aromatic rings. The number of hydrogen-bond acceptors (Lipinski definition) is 1. The van der Waals surface area contributed by atoms with E-state index in [2.05, 4.69) is 52.6 Å². The van der Waals surface area contributed by atoms with Crippen molar-refractivity contribution in [3.8, 4) is 0 Å². The molecule has 0 bridgehead atoms. The van der Waals surface area contributed by atoms with Gasteiger partial charge in [-0.1, -0.05) is 85.8 Å². The van der Waals surface area contributed by atoms with E-state index in [1.165, 1.54) is 44.1 Å². The molecule has 0 aromatic carbocycles. The largest absolute Gasteiger partial charge is 0.361 e. The fourth-order valence-electron chi connectivity index (χ4n) is 0.425. The summed E-state index contributed by atoms with van der Waals surface area (Å²) >= 11 is 0. The van der Waals surface area contributed by atoms with Crippen molar-refractivity contribution in [2.75, 3.05) is 0 Å². The van der Waals surface area contributed by atoms with Crippen molar-refractivity contribution in [1.82, 2.24) is 5.32 Å². The molecule has 1 nitrogen and oxygen atoms in total. The Hall–Kier alpha value is -0.141. The van der Waals surface area contributed by atoms with Crippen LogP contribution in [0, 0.1) is 0 Å². The van der Waals surface area contributed by atoms with Crippen molar-refractivity contribution < 1.29 is 0 Å². The van der Waals surface area contributed by atoms with E-state index in [4.69, 9.17) is 0 Å². The third kappa shape index (κ3) is 43.0. The monoisotopic (exact) mass is 387 g/mol. The molecule has 0 amide bonds. The summed E-state index contributed by atoms with van der Waals surface area (Å²) in [6, 6.07) is 0. The first-order valence-electron chi connectivity index (χ1n) is 7.98. The van der Waals surface area contributed by atoms with E-state index in [-0.39, 0.29) is 23.9 Å². The Labute approximate surface area is 146 Å². The zero-order chi connectivity index (χ0) is 15.4. The first-order chi connectivity index (χ1) is 9.14. The van der Waals surface area contributed by atoms with Gasteiger partial charge < -0.3 is 5.32 Å². The van der Waals surface area contributed by atoms with Crippen LogP contribution >= 0.6 is 0 Å². The van der Waals surface area contributed by atoms with Crippen LogP contribution in [-0.4, -0.2) is 23.9 Å². The molecule has 1 N–H and O–H groups in total. The van der Waals surface area contributed by atoms with Gasteiger partial charge in [-0.3, -0.25) is 0 Å². The third-order valence-corrected chi connectivity index (χ3v) is 2.31. The summed E-state index contributed by atoms with van der Waals surface area (Å²) in [5.41, 5.74) is 4.14. The van der Waals surface area contributed by atoms with E-state index in [1.54, 1.807) is 6.20 Å². The second-order valence-electron chi connectivity index (χ2n) is 4.47. The predicted octanol–water partition coefficient (Wildman–Crippen LogP) is 6.20. The zero-order valence-electron chi connectivity index (χ0n) is 15.0. The van der Waals surface area contributed by atoms with Crippen LogP contribution in [0.25, 0.3) is 0 Å². The van der Waals surface area contributed by atoms with Crippen LogP contribution in [0.3, 0.4) is 0 Å². The van der Waals surface area contributed by atoms with Crippen molar-refractivity contribution in [3.05, 3.63) is 29.8 Å². The molecule has 118 valence electrons. The fourth-order valence-corrected chi connectivity index (χ4v) is 0.425. The average Bonchev–Trinajstić information content (AvgIpc) is 2.48. The molecule has 0 saturated heterocycles. The first-order valence-corrected chi connectivity index (χ1v) is 7.98. The molecule has 0 fully saturated rings. The molecule has 0 aromatic heterocycles. The van der Waals surface area contributed by atoms with Crippen molar-refractivity contribution in [3.63, 3.8) is 0 Å². The molecule has 2 heteroatoms. The zero-order valence-corrected chi connectivity index (χ0v) is 17.8. The molecular formula is C18H37NSn. The quantitative estimate of drug-likeness (QED) is 0.450. The number of rotatable bonds is 3.